The van der Waals surface area contributed by atoms with Crippen LogP contribution in [-0.2, 0) is 15.0 Å². The van der Waals surface area contributed by atoms with Crippen LogP contribution < -0.4 is 29.0 Å². The van der Waals surface area contributed by atoms with Gasteiger partial charge in [0.15, 0.2) is 11.5 Å². The van der Waals surface area contributed by atoms with E-state index in [1.54, 1.807) is 11.8 Å². The quantitative estimate of drug-likeness (QED) is 0.368. The lowest BCUT2D eigenvalue weighted by Gasteiger charge is -2.40. The normalized spacial score (nSPS) is 27.1. The monoisotopic (exact) mass is 670 g/mol. The number of benzene rings is 2. The number of aliphatic hydroxyl groups excluding tert-OH is 1. The first-order chi connectivity index (χ1) is 22.2. The van der Waals surface area contributed by atoms with Gasteiger partial charge in [-0.15, -0.1) is 22.0 Å². The summed E-state index contributed by atoms with van der Waals surface area (Å²) < 4.78 is 91.7. The maximum Gasteiger partial charge on any atom is 0.586 e. The maximum absolute atomic E-state index is 14.0. The first-order valence-electron chi connectivity index (χ1n) is 15.5. The fourth-order valence-corrected chi connectivity index (χ4v) is 6.97. The minimum atomic E-state index is -4.92. The molecule has 3 aliphatic heterocycles. The molecule has 2 aromatic carbocycles. The number of nitrogens with zero attached hydrogens (tertiary/aromatic N) is 1. The molecule has 1 fully saturated rings. The van der Waals surface area contributed by atoms with Crippen LogP contribution >= 0.6 is 0 Å². The van der Waals surface area contributed by atoms with E-state index in [-0.39, 0.29) is 60.5 Å². The fraction of sp³-hybridized carbons (Fsp3) is 0.562. The van der Waals surface area contributed by atoms with Crippen molar-refractivity contribution < 1.29 is 60.3 Å². The van der Waals surface area contributed by atoms with E-state index in [9.17, 15) is 36.6 Å². The Labute approximate surface area is 267 Å². The summed E-state index contributed by atoms with van der Waals surface area (Å²) in [6.45, 7) is 3.95. The maximum atomic E-state index is 14.0. The molecule has 2 aromatic rings. The van der Waals surface area contributed by atoms with Crippen molar-refractivity contribution in [2.75, 3.05) is 26.3 Å². The summed E-state index contributed by atoms with van der Waals surface area (Å²) in [6, 6.07) is 5.56. The Kier molecular flexibility index (Phi) is 8.56. The van der Waals surface area contributed by atoms with Gasteiger partial charge in [0.1, 0.15) is 35.4 Å². The number of carbonyl (C=O) groups is 2. The molecule has 3 heterocycles. The molecule has 10 nitrogen and oxygen atoms in total. The van der Waals surface area contributed by atoms with Gasteiger partial charge in [-0.2, -0.15) is 0 Å². The van der Waals surface area contributed by atoms with E-state index < -0.39 is 41.9 Å². The second kappa shape index (κ2) is 12.2. The Bertz CT molecular complexity index is 1530. The van der Waals surface area contributed by atoms with E-state index in [0.717, 1.165) is 12.1 Å². The van der Waals surface area contributed by atoms with Crippen LogP contribution in [0.2, 0.25) is 0 Å². The highest BCUT2D eigenvalue weighted by Gasteiger charge is 2.50. The Morgan fingerprint density at radius 1 is 1.04 bits per heavy atom. The minimum absolute atomic E-state index is 0.0207. The van der Waals surface area contributed by atoms with E-state index in [1.165, 1.54) is 18.2 Å². The number of carbonyl (C=O) groups excluding carboxylic acids is 2. The van der Waals surface area contributed by atoms with E-state index in [1.807, 2.05) is 6.92 Å². The average molecular weight is 671 g/mol. The zero-order valence-corrected chi connectivity index (χ0v) is 25.7. The van der Waals surface area contributed by atoms with Gasteiger partial charge < -0.3 is 39.0 Å². The Balaban J connectivity index is 1.22. The lowest BCUT2D eigenvalue weighted by atomic mass is 9.76. The Morgan fingerprint density at radius 2 is 1.74 bits per heavy atom. The van der Waals surface area contributed by atoms with E-state index in [0.29, 0.717) is 49.8 Å². The number of likely N-dealkylation sites (N-methyl/N-ethyl adjacent to an activating group) is 1. The molecule has 1 saturated carbocycles. The molecule has 2 N–H and O–H groups in total. The standard InChI is InChI=1S/C32H35F5N2O8/c1-3-39(10-11-40)28(41)18-6-4-17(5-7-18)23-14-22(20-9-8-19(12-24(20)44-23)45-31(33,34)35)38-29(42)30(2)16-43-25-15-27-26(13-21(25)30)46-32(36,37)47-27/h8-9,12-13,15,17-18,22-23,40H,3-7,10-11,14,16H2,1-2H3,(H,38,42)/t17-,18-,22-,23-,30+/m1/s1. The van der Waals surface area contributed by atoms with E-state index in [2.05, 4.69) is 19.5 Å². The van der Waals surface area contributed by atoms with Gasteiger partial charge in [0, 0.05) is 48.7 Å². The van der Waals surface area contributed by atoms with Gasteiger partial charge >= 0.3 is 12.7 Å². The lowest BCUT2D eigenvalue weighted by Crippen LogP contribution is -2.48. The summed E-state index contributed by atoms with van der Waals surface area (Å²) in [6.07, 6.45) is -6.60. The molecule has 6 rings (SSSR count). The SMILES string of the molecule is CCN(CCO)C(=O)[C@H]1CC[C@H]([C@H]2C[C@@H](NC(=O)[C@@]3(C)COc4cc5c(cc43)OC(F)(F)O5)c3ccc(OC(F)(F)F)cc3O2)CC1. The highest BCUT2D eigenvalue weighted by atomic mass is 19.4. The van der Waals surface area contributed by atoms with Crippen LogP contribution in [0.5, 0.6) is 28.7 Å². The summed E-state index contributed by atoms with van der Waals surface area (Å²) in [4.78, 5) is 28.6. The minimum Gasteiger partial charge on any atom is -0.492 e. The Morgan fingerprint density at radius 3 is 2.40 bits per heavy atom. The molecular weight excluding hydrogens is 635 g/mol. The number of hydrogen-bond acceptors (Lipinski definition) is 8. The molecule has 256 valence electrons. The van der Waals surface area contributed by atoms with Gasteiger partial charge in [0.2, 0.25) is 11.8 Å². The van der Waals surface area contributed by atoms with Gasteiger partial charge in [0.05, 0.1) is 12.6 Å². The molecule has 2 amide bonds. The number of aliphatic hydroxyl groups is 1. The summed E-state index contributed by atoms with van der Waals surface area (Å²) in [5, 5.41) is 12.3. The van der Waals surface area contributed by atoms with Crippen LogP contribution in [-0.4, -0.2) is 66.9 Å². The molecule has 0 radical (unpaired) electrons. The highest BCUT2D eigenvalue weighted by Crippen LogP contribution is 2.50. The van der Waals surface area contributed by atoms with Crippen LogP contribution in [0.1, 0.15) is 63.1 Å². The van der Waals surface area contributed by atoms with Gasteiger partial charge in [-0.05, 0) is 63.6 Å². The Hall–Kier alpha value is -4.01. The molecule has 15 heteroatoms. The summed E-state index contributed by atoms with van der Waals surface area (Å²) >= 11 is 0. The molecule has 0 aromatic heterocycles. The first-order valence-corrected chi connectivity index (χ1v) is 15.5. The zero-order chi connectivity index (χ0) is 33.7. The van der Waals surface area contributed by atoms with Crippen molar-refractivity contribution in [2.45, 2.75) is 76.2 Å². The molecule has 4 aliphatic rings. The van der Waals surface area contributed by atoms with Crippen LogP contribution in [0.15, 0.2) is 30.3 Å². The van der Waals surface area contributed by atoms with Crippen molar-refractivity contribution in [1.29, 1.82) is 0 Å². The predicted molar refractivity (Wildman–Crippen MR) is 153 cm³/mol. The second-order valence-corrected chi connectivity index (χ2v) is 12.5. The van der Waals surface area contributed by atoms with E-state index in [4.69, 9.17) is 9.47 Å². The molecule has 0 spiro atoms. The average Bonchev–Trinajstić information content (AvgIpc) is 3.51. The number of fused-ring (bicyclic) bond motifs is 3. The van der Waals surface area contributed by atoms with Crippen molar-refractivity contribution in [3.05, 3.63) is 41.5 Å². The second-order valence-electron chi connectivity index (χ2n) is 12.5. The number of rotatable bonds is 8. The predicted octanol–water partition coefficient (Wildman–Crippen LogP) is 5.21. The molecule has 3 atom stereocenters. The van der Waals surface area contributed by atoms with Gasteiger partial charge in [-0.3, -0.25) is 9.59 Å². The van der Waals surface area contributed by atoms with Crippen LogP contribution in [0, 0.1) is 11.8 Å². The third-order valence-electron chi connectivity index (χ3n) is 9.47. The largest absolute Gasteiger partial charge is 0.586 e. The van der Waals surface area contributed by atoms with Crippen molar-refractivity contribution >= 4 is 11.8 Å². The van der Waals surface area contributed by atoms with Crippen molar-refractivity contribution in [3.63, 3.8) is 0 Å². The lowest BCUT2D eigenvalue weighted by molar-refractivity contribution is -0.286. The molecule has 0 unspecified atom stereocenters. The van der Waals surface area contributed by atoms with E-state index >= 15 is 0 Å². The molecule has 0 bridgehead atoms. The van der Waals surface area contributed by atoms with Crippen LogP contribution in [0.25, 0.3) is 0 Å². The number of halogens is 5. The smallest absolute Gasteiger partial charge is 0.492 e. The zero-order valence-electron chi connectivity index (χ0n) is 25.7. The van der Waals surface area contributed by atoms with Crippen molar-refractivity contribution in [2.24, 2.45) is 11.8 Å². The number of hydrogen-bond donors (Lipinski definition) is 2. The number of alkyl halides is 5. The highest BCUT2D eigenvalue weighted by molar-refractivity contribution is 5.90. The number of nitrogens with one attached hydrogen (secondary N) is 1. The summed E-state index contributed by atoms with van der Waals surface area (Å²) in [7, 11) is 0. The molecular formula is C32H35F5N2O8. The first kappa shape index (κ1) is 32.9. The van der Waals surface area contributed by atoms with Gasteiger partial charge in [-0.25, -0.2) is 0 Å². The van der Waals surface area contributed by atoms with Crippen molar-refractivity contribution in [1.82, 2.24) is 10.2 Å². The summed E-state index contributed by atoms with van der Waals surface area (Å²) in [5.74, 6) is -1.40. The van der Waals surface area contributed by atoms with Crippen molar-refractivity contribution in [3.8, 4) is 28.7 Å². The fourth-order valence-electron chi connectivity index (χ4n) is 6.97. The third-order valence-corrected chi connectivity index (χ3v) is 9.47. The molecule has 47 heavy (non-hydrogen) atoms. The summed E-state index contributed by atoms with van der Waals surface area (Å²) in [5.41, 5.74) is -0.557. The van der Waals surface area contributed by atoms with Gasteiger partial charge in [-0.1, -0.05) is 0 Å². The number of ether oxygens (including phenoxy) is 5. The molecule has 0 saturated heterocycles. The number of amides is 2. The van der Waals surface area contributed by atoms with Crippen LogP contribution in [0.4, 0.5) is 22.0 Å². The van der Waals surface area contributed by atoms with Gasteiger partial charge in [0.25, 0.3) is 0 Å². The topological polar surface area (TPSA) is 116 Å². The third kappa shape index (κ3) is 6.58. The molecule has 1 aliphatic carbocycles. The van der Waals surface area contributed by atoms with Crippen LogP contribution in [0.3, 0.4) is 0 Å².